The minimum Gasteiger partial charge on any atom is -1.00 e. The van der Waals surface area contributed by atoms with Gasteiger partial charge in [0, 0.05) is 0 Å². The molecule has 152 valence electrons. The van der Waals surface area contributed by atoms with Crippen LogP contribution in [0.5, 0.6) is 0 Å². The molecule has 0 radical (unpaired) electrons. The van der Waals surface area contributed by atoms with Gasteiger partial charge in [-0.1, -0.05) is 19.1 Å². The fourth-order valence-electron chi connectivity index (χ4n) is 3.06. The monoisotopic (exact) mass is 508 g/mol. The quantitative estimate of drug-likeness (QED) is 0.298. The Morgan fingerprint density at radius 1 is 0.733 bits per heavy atom. The third-order valence-corrected chi connectivity index (χ3v) is 5.36. The molecule has 3 heteroatoms. The molecule has 0 saturated carbocycles. The molecular weight excluding hydrogens is 486 g/mol. The van der Waals surface area contributed by atoms with Crippen molar-refractivity contribution in [2.24, 2.45) is 0 Å². The van der Waals surface area contributed by atoms with Crippen LogP contribution in [0.15, 0.2) is 109 Å². The van der Waals surface area contributed by atoms with Crippen molar-refractivity contribution in [3.63, 3.8) is 0 Å². The van der Waals surface area contributed by atoms with Crippen LogP contribution in [0.1, 0.15) is 18.1 Å². The molecule has 0 spiro atoms. The van der Waals surface area contributed by atoms with Crippen LogP contribution in [0.4, 0.5) is 0 Å². The fourth-order valence-corrected chi connectivity index (χ4v) is 3.47. The van der Waals surface area contributed by atoms with E-state index in [1.165, 1.54) is 60.1 Å². The van der Waals surface area contributed by atoms with Crippen LogP contribution in [0.2, 0.25) is 0 Å². The topological polar surface area (TPSA) is 0 Å². The summed E-state index contributed by atoms with van der Waals surface area (Å²) >= 11 is 1.51. The Morgan fingerprint density at radius 3 is 1.93 bits per heavy atom. The van der Waals surface area contributed by atoms with E-state index >= 15 is 0 Å². The van der Waals surface area contributed by atoms with Gasteiger partial charge in [0.25, 0.3) is 0 Å². The van der Waals surface area contributed by atoms with Gasteiger partial charge < -0.3 is 24.8 Å². The van der Waals surface area contributed by atoms with E-state index < -0.39 is 0 Å². The van der Waals surface area contributed by atoms with Gasteiger partial charge in [0.2, 0.25) is 0 Å². The Balaban J connectivity index is 0.000000218. The summed E-state index contributed by atoms with van der Waals surface area (Å²) < 4.78 is 1.46. The van der Waals surface area contributed by atoms with E-state index in [9.17, 15) is 0 Å². The van der Waals surface area contributed by atoms with E-state index in [4.69, 9.17) is 0 Å². The normalized spacial score (nSPS) is 9.33. The second-order valence-corrected chi connectivity index (χ2v) is 8.59. The molecule has 0 unspecified atom stereocenters. The number of rotatable bonds is 1. The Bertz CT molecular complexity index is 1120. The van der Waals surface area contributed by atoms with Crippen molar-refractivity contribution in [3.05, 3.63) is 120 Å². The van der Waals surface area contributed by atoms with Crippen molar-refractivity contribution in [2.75, 3.05) is 0 Å². The van der Waals surface area contributed by atoms with Crippen molar-refractivity contribution in [3.8, 4) is 0 Å². The van der Waals surface area contributed by atoms with E-state index in [0.717, 1.165) is 0 Å². The summed E-state index contributed by atoms with van der Waals surface area (Å²) in [7, 11) is 0. The van der Waals surface area contributed by atoms with E-state index in [-0.39, 0.29) is 24.8 Å². The van der Waals surface area contributed by atoms with Crippen molar-refractivity contribution in [1.82, 2.24) is 0 Å². The summed E-state index contributed by atoms with van der Waals surface area (Å²) in [5.41, 5.74) is 2.74. The van der Waals surface area contributed by atoms with Crippen LogP contribution in [0.3, 0.4) is 0 Å². The number of fused-ring (bicyclic) bond motifs is 2. The molecule has 5 aromatic rings. The minimum atomic E-state index is 0. The third-order valence-electron chi connectivity index (χ3n) is 4.65. The standard InChI is InChI=1S/C10H9.C9H7.C8H8.2ClH.Zr/c1-8-6-7-9-4-2-3-5-10(8)9;1-2-5-9-7-3-6-8(9)4-1;1-2-8-6-4-3-5-7-8;;;/h2-7H,1H3;1-7H;3-7H,1H3;2*1H;/q2*-1;;;;+2/p-2. The van der Waals surface area contributed by atoms with Gasteiger partial charge in [-0.2, -0.15) is 29.7 Å². The molecule has 5 rings (SSSR count). The summed E-state index contributed by atoms with van der Waals surface area (Å²) in [6.45, 7) is 4.30. The SMILES string of the molecule is C[C](=[Zr+2])c1ccccc1.C[c-]1ccc2ccccc21.[Cl-].[Cl-].c1ccc2[cH-]ccc2c1. The molecule has 0 N–H and O–H groups in total. The summed E-state index contributed by atoms with van der Waals surface area (Å²) in [5.74, 6) is 0. The van der Waals surface area contributed by atoms with Crippen LogP contribution < -0.4 is 24.8 Å². The van der Waals surface area contributed by atoms with Gasteiger partial charge in [-0.05, 0) is 0 Å². The van der Waals surface area contributed by atoms with E-state index in [1.807, 2.05) is 6.07 Å². The number of halogens is 2. The van der Waals surface area contributed by atoms with Crippen LogP contribution in [0.25, 0.3) is 21.5 Å². The molecule has 0 aromatic heterocycles. The van der Waals surface area contributed by atoms with Gasteiger partial charge in [0.05, 0.1) is 0 Å². The predicted octanol–water partition coefficient (Wildman–Crippen LogP) is 1.21. The van der Waals surface area contributed by atoms with Crippen LogP contribution >= 0.6 is 0 Å². The van der Waals surface area contributed by atoms with Gasteiger partial charge >= 0.3 is 70.3 Å². The second kappa shape index (κ2) is 13.5. The first-order valence-electron chi connectivity index (χ1n) is 9.47. The van der Waals surface area contributed by atoms with Gasteiger partial charge in [-0.3, -0.25) is 0 Å². The first kappa shape index (κ1) is 26.2. The maximum absolute atomic E-state index is 2.16. The molecule has 0 aliphatic heterocycles. The molecule has 0 fully saturated rings. The average molecular weight is 511 g/mol. The van der Waals surface area contributed by atoms with Crippen molar-refractivity contribution < 1.29 is 49.0 Å². The molecule has 30 heavy (non-hydrogen) atoms. The van der Waals surface area contributed by atoms with E-state index in [1.54, 1.807) is 0 Å². The van der Waals surface area contributed by atoms with Crippen molar-refractivity contribution in [2.45, 2.75) is 13.8 Å². The fraction of sp³-hybridized carbons (Fsp3) is 0.0741. The second-order valence-electron chi connectivity index (χ2n) is 6.75. The summed E-state index contributed by atoms with van der Waals surface area (Å²) in [6.07, 6.45) is 0. The maximum atomic E-state index is 2.16. The van der Waals surface area contributed by atoms with E-state index in [2.05, 4.69) is 117 Å². The zero-order valence-electron chi connectivity index (χ0n) is 17.1. The molecule has 0 nitrogen and oxygen atoms in total. The number of benzene rings is 3. The molecule has 0 atom stereocenters. The number of hydrogen-bond donors (Lipinski definition) is 0. The van der Waals surface area contributed by atoms with E-state index in [0.29, 0.717) is 0 Å². The number of hydrogen-bond acceptors (Lipinski definition) is 0. The van der Waals surface area contributed by atoms with Crippen LogP contribution in [-0.2, 0) is 24.2 Å². The van der Waals surface area contributed by atoms with Gasteiger partial charge in [-0.25, -0.2) is 0 Å². The zero-order valence-corrected chi connectivity index (χ0v) is 21.1. The number of aryl methyl sites for hydroxylation is 1. The van der Waals surface area contributed by atoms with Gasteiger partial charge in [-0.15, -0.1) is 64.2 Å². The van der Waals surface area contributed by atoms with Gasteiger partial charge in [0.15, 0.2) is 0 Å². The molecule has 0 aliphatic carbocycles. The smallest absolute Gasteiger partial charge is 0.0748 e. The van der Waals surface area contributed by atoms with Gasteiger partial charge in [0.1, 0.15) is 0 Å². The third kappa shape index (κ3) is 7.48. The summed E-state index contributed by atoms with van der Waals surface area (Å²) in [4.78, 5) is 0. The Morgan fingerprint density at radius 2 is 1.33 bits per heavy atom. The minimum absolute atomic E-state index is 0. The molecule has 0 bridgehead atoms. The molecule has 0 amide bonds. The summed E-state index contributed by atoms with van der Waals surface area (Å²) in [5, 5.41) is 5.39. The molecule has 5 aromatic carbocycles. The largest absolute Gasteiger partial charge is 1.00 e. The van der Waals surface area contributed by atoms with Crippen LogP contribution in [-0.4, -0.2) is 3.21 Å². The Kier molecular flexibility index (Phi) is 11.8. The zero-order chi connectivity index (χ0) is 19.8. The van der Waals surface area contributed by atoms with Crippen LogP contribution in [0, 0.1) is 6.92 Å². The first-order valence-corrected chi connectivity index (χ1v) is 10.7. The Hall–Kier alpha value is -1.79. The van der Waals surface area contributed by atoms with Crippen molar-refractivity contribution >= 4 is 24.8 Å². The molecule has 0 saturated heterocycles. The maximum Gasteiger partial charge on any atom is -0.0748 e. The Labute approximate surface area is 206 Å². The van der Waals surface area contributed by atoms with Crippen molar-refractivity contribution in [1.29, 1.82) is 0 Å². The predicted molar refractivity (Wildman–Crippen MR) is 120 cm³/mol. The molecule has 0 aliphatic rings. The first-order chi connectivity index (χ1) is 13.6. The molecular formula is C27H24Cl2Zr-2. The summed E-state index contributed by atoms with van der Waals surface area (Å²) in [6, 6.07) is 37.9. The average Bonchev–Trinajstić information content (AvgIpc) is 3.37. The molecule has 0 heterocycles.